The highest BCUT2D eigenvalue weighted by Gasteiger charge is 2.19. The van der Waals surface area contributed by atoms with E-state index in [2.05, 4.69) is 14.8 Å². The lowest BCUT2D eigenvalue weighted by atomic mass is 10.1. The molecule has 1 aromatic carbocycles. The maximum Gasteiger partial charge on any atom is 0.337 e. The standard InChI is InChI=1S/C15H20N2O4S.ClH/c1-11-3-4-13(15(18)21-2)9-14(11)22(19,20)17-10-12-5-7-16-8-6-12;/h3-5,9,16-17H,6-8,10H2,1-2H3;1H. The smallest absolute Gasteiger partial charge is 0.337 e. The van der Waals surface area contributed by atoms with Gasteiger partial charge in [0.05, 0.1) is 17.6 Å². The molecule has 1 heterocycles. The third-order valence-corrected chi connectivity index (χ3v) is 5.09. The van der Waals surface area contributed by atoms with Crippen LogP contribution in [-0.2, 0) is 14.8 Å². The second-order valence-corrected chi connectivity index (χ2v) is 6.85. The molecule has 0 saturated carbocycles. The number of aryl methyl sites for hydroxylation is 1. The van der Waals surface area contributed by atoms with Crippen molar-refractivity contribution in [2.24, 2.45) is 0 Å². The van der Waals surface area contributed by atoms with Crippen LogP contribution in [0.1, 0.15) is 22.3 Å². The second-order valence-electron chi connectivity index (χ2n) is 5.11. The van der Waals surface area contributed by atoms with Gasteiger partial charge in [-0.05, 0) is 37.6 Å². The Balaban J connectivity index is 0.00000264. The molecule has 0 saturated heterocycles. The van der Waals surface area contributed by atoms with Gasteiger partial charge in [-0.25, -0.2) is 17.9 Å². The summed E-state index contributed by atoms with van der Waals surface area (Å²) in [5, 5.41) is 3.17. The predicted molar refractivity (Wildman–Crippen MR) is 90.5 cm³/mol. The fraction of sp³-hybridized carbons (Fsp3) is 0.400. The number of carbonyl (C=O) groups is 1. The molecule has 1 aliphatic rings. The summed E-state index contributed by atoms with van der Waals surface area (Å²) in [7, 11) is -2.41. The summed E-state index contributed by atoms with van der Waals surface area (Å²) in [6, 6.07) is 4.50. The molecule has 0 bridgehead atoms. The van der Waals surface area contributed by atoms with Crippen molar-refractivity contribution in [3.05, 3.63) is 41.0 Å². The first-order valence-electron chi connectivity index (χ1n) is 7.01. The number of ether oxygens (including phenoxy) is 1. The SMILES string of the molecule is COC(=O)c1ccc(C)c(S(=O)(=O)NCC2=CCNCC2)c1.Cl. The highest BCUT2D eigenvalue weighted by Crippen LogP contribution is 2.18. The topological polar surface area (TPSA) is 84.5 Å². The number of sulfonamides is 1. The maximum absolute atomic E-state index is 12.5. The predicted octanol–water partition coefficient (Wildman–Crippen LogP) is 1.40. The zero-order chi connectivity index (χ0) is 16.2. The van der Waals surface area contributed by atoms with E-state index in [1.54, 1.807) is 19.1 Å². The summed E-state index contributed by atoms with van der Waals surface area (Å²) in [6.45, 7) is 3.59. The summed E-state index contributed by atoms with van der Waals surface area (Å²) >= 11 is 0. The molecule has 0 fully saturated rings. The van der Waals surface area contributed by atoms with E-state index < -0.39 is 16.0 Å². The van der Waals surface area contributed by atoms with Crippen molar-refractivity contribution in [2.45, 2.75) is 18.2 Å². The van der Waals surface area contributed by atoms with Crippen LogP contribution in [0.4, 0.5) is 0 Å². The first kappa shape index (κ1) is 19.6. The van der Waals surface area contributed by atoms with Crippen molar-refractivity contribution in [3.63, 3.8) is 0 Å². The minimum Gasteiger partial charge on any atom is -0.465 e. The fourth-order valence-corrected chi connectivity index (χ4v) is 3.53. The van der Waals surface area contributed by atoms with Crippen LogP contribution in [0.3, 0.4) is 0 Å². The van der Waals surface area contributed by atoms with Crippen LogP contribution < -0.4 is 10.0 Å². The Labute approximate surface area is 142 Å². The zero-order valence-electron chi connectivity index (χ0n) is 13.1. The van der Waals surface area contributed by atoms with Gasteiger partial charge >= 0.3 is 5.97 Å². The Kier molecular flexibility index (Phi) is 7.21. The largest absolute Gasteiger partial charge is 0.465 e. The molecule has 2 rings (SSSR count). The summed E-state index contributed by atoms with van der Waals surface area (Å²) in [5.41, 5.74) is 1.86. The van der Waals surface area contributed by atoms with Gasteiger partial charge in [0.2, 0.25) is 10.0 Å². The van der Waals surface area contributed by atoms with Crippen molar-refractivity contribution in [2.75, 3.05) is 26.7 Å². The number of benzene rings is 1. The van der Waals surface area contributed by atoms with Crippen molar-refractivity contribution >= 4 is 28.4 Å². The number of carbonyl (C=O) groups excluding carboxylic acids is 1. The van der Waals surface area contributed by atoms with E-state index in [4.69, 9.17) is 0 Å². The van der Waals surface area contributed by atoms with Crippen LogP contribution in [0, 0.1) is 6.92 Å². The van der Waals surface area contributed by atoms with E-state index >= 15 is 0 Å². The fourth-order valence-electron chi connectivity index (χ4n) is 2.23. The van der Waals surface area contributed by atoms with Crippen molar-refractivity contribution in [1.82, 2.24) is 10.0 Å². The molecule has 2 N–H and O–H groups in total. The number of hydrogen-bond acceptors (Lipinski definition) is 5. The molecular weight excluding hydrogens is 340 g/mol. The van der Waals surface area contributed by atoms with Gasteiger partial charge in [0.25, 0.3) is 0 Å². The van der Waals surface area contributed by atoms with Gasteiger partial charge in [0.15, 0.2) is 0 Å². The molecule has 23 heavy (non-hydrogen) atoms. The molecule has 0 spiro atoms. The molecule has 6 nitrogen and oxygen atoms in total. The Morgan fingerprint density at radius 2 is 2.13 bits per heavy atom. The lowest BCUT2D eigenvalue weighted by Gasteiger charge is -2.15. The molecular formula is C15H21ClN2O4S. The van der Waals surface area contributed by atoms with Gasteiger partial charge in [-0.15, -0.1) is 12.4 Å². The molecule has 128 valence electrons. The lowest BCUT2D eigenvalue weighted by Crippen LogP contribution is -2.30. The molecule has 0 radical (unpaired) electrons. The molecule has 0 aliphatic carbocycles. The maximum atomic E-state index is 12.5. The average Bonchev–Trinajstić information content (AvgIpc) is 2.53. The Morgan fingerprint density at radius 3 is 2.74 bits per heavy atom. The van der Waals surface area contributed by atoms with Crippen LogP contribution in [0.5, 0.6) is 0 Å². The number of hydrogen-bond donors (Lipinski definition) is 2. The first-order chi connectivity index (χ1) is 10.4. The molecule has 0 atom stereocenters. The summed E-state index contributed by atoms with van der Waals surface area (Å²) in [5.74, 6) is -0.558. The Hall–Kier alpha value is -1.41. The third-order valence-electron chi connectivity index (χ3n) is 3.55. The number of nitrogens with one attached hydrogen (secondary N) is 2. The molecule has 0 amide bonds. The van der Waals surface area contributed by atoms with Gasteiger partial charge in [-0.2, -0.15) is 0 Å². The van der Waals surface area contributed by atoms with E-state index in [1.165, 1.54) is 13.2 Å². The zero-order valence-corrected chi connectivity index (χ0v) is 14.7. The minimum absolute atomic E-state index is 0. The molecule has 8 heteroatoms. The highest BCUT2D eigenvalue weighted by molar-refractivity contribution is 7.89. The quantitative estimate of drug-likeness (QED) is 0.612. The number of methoxy groups -OCH3 is 1. The monoisotopic (exact) mass is 360 g/mol. The first-order valence-corrected chi connectivity index (χ1v) is 8.49. The van der Waals surface area contributed by atoms with Crippen LogP contribution in [0.25, 0.3) is 0 Å². The van der Waals surface area contributed by atoms with Gasteiger partial charge in [0.1, 0.15) is 0 Å². The van der Waals surface area contributed by atoms with Crippen LogP contribution in [-0.4, -0.2) is 41.1 Å². The molecule has 1 aromatic rings. The number of halogens is 1. The minimum atomic E-state index is -3.67. The number of rotatable bonds is 5. The molecule has 0 aromatic heterocycles. The van der Waals surface area contributed by atoms with Crippen LogP contribution in [0.2, 0.25) is 0 Å². The normalized spacial score (nSPS) is 14.6. The Bertz CT molecular complexity index is 701. The van der Waals surface area contributed by atoms with Gasteiger partial charge in [0, 0.05) is 13.1 Å². The van der Waals surface area contributed by atoms with Crippen molar-refractivity contribution in [3.8, 4) is 0 Å². The highest BCUT2D eigenvalue weighted by atomic mass is 35.5. The summed E-state index contributed by atoms with van der Waals surface area (Å²) in [6.07, 6.45) is 2.81. The average molecular weight is 361 g/mol. The summed E-state index contributed by atoms with van der Waals surface area (Å²) in [4.78, 5) is 11.7. The molecule has 0 unspecified atom stereocenters. The Morgan fingerprint density at radius 1 is 1.39 bits per heavy atom. The van der Waals surface area contributed by atoms with Crippen molar-refractivity contribution < 1.29 is 17.9 Å². The van der Waals surface area contributed by atoms with E-state index in [0.717, 1.165) is 25.1 Å². The van der Waals surface area contributed by atoms with Gasteiger partial charge in [-0.1, -0.05) is 17.7 Å². The molecule has 1 aliphatic heterocycles. The van der Waals surface area contributed by atoms with Gasteiger partial charge in [-0.3, -0.25) is 0 Å². The lowest BCUT2D eigenvalue weighted by molar-refractivity contribution is 0.0600. The van der Waals surface area contributed by atoms with E-state index in [-0.39, 0.29) is 29.4 Å². The van der Waals surface area contributed by atoms with E-state index in [0.29, 0.717) is 5.56 Å². The second kappa shape index (κ2) is 8.44. The van der Waals surface area contributed by atoms with Gasteiger partial charge < -0.3 is 10.1 Å². The van der Waals surface area contributed by atoms with Crippen LogP contribution in [0.15, 0.2) is 34.7 Å². The van der Waals surface area contributed by atoms with Crippen molar-refractivity contribution in [1.29, 1.82) is 0 Å². The summed E-state index contributed by atoms with van der Waals surface area (Å²) < 4.78 is 32.1. The third kappa shape index (κ3) is 5.04. The van der Waals surface area contributed by atoms with Crippen LogP contribution >= 0.6 is 12.4 Å². The van der Waals surface area contributed by atoms with E-state index in [1.807, 2.05) is 6.08 Å². The number of esters is 1. The van der Waals surface area contributed by atoms with E-state index in [9.17, 15) is 13.2 Å².